The van der Waals surface area contributed by atoms with E-state index in [2.05, 4.69) is 30.3 Å². The quantitative estimate of drug-likeness (QED) is 0.465. The van der Waals surface area contributed by atoms with E-state index in [-0.39, 0.29) is 11.7 Å². The van der Waals surface area contributed by atoms with Crippen LogP contribution >= 0.6 is 0 Å². The molecule has 3 nitrogen and oxygen atoms in total. The van der Waals surface area contributed by atoms with Crippen LogP contribution in [0.25, 0.3) is 11.1 Å². The van der Waals surface area contributed by atoms with Gasteiger partial charge in [0.2, 0.25) is 0 Å². The van der Waals surface area contributed by atoms with E-state index >= 15 is 0 Å². The van der Waals surface area contributed by atoms with Crippen LogP contribution in [0, 0.1) is 5.92 Å². The molecule has 1 saturated heterocycles. The summed E-state index contributed by atoms with van der Waals surface area (Å²) in [5.41, 5.74) is 5.30. The minimum Gasteiger partial charge on any atom is -0.339 e. The van der Waals surface area contributed by atoms with Crippen molar-refractivity contribution in [1.29, 1.82) is 0 Å². The van der Waals surface area contributed by atoms with Gasteiger partial charge in [0.15, 0.2) is 5.78 Å². The number of piperidine rings is 1. The van der Waals surface area contributed by atoms with Crippen molar-refractivity contribution in [3.63, 3.8) is 0 Å². The van der Waals surface area contributed by atoms with E-state index in [4.69, 9.17) is 0 Å². The van der Waals surface area contributed by atoms with E-state index in [1.807, 2.05) is 41.3 Å². The number of nitrogens with zero attached hydrogens (tertiary/aromatic N) is 1. The first-order valence-electron chi connectivity index (χ1n) is 10.8. The fourth-order valence-electron chi connectivity index (χ4n) is 4.78. The third-order valence-electron chi connectivity index (χ3n) is 6.56. The summed E-state index contributed by atoms with van der Waals surface area (Å²) in [5.74, 6) is 0.739. The lowest BCUT2D eigenvalue weighted by atomic mass is 9.90. The maximum atomic E-state index is 13.1. The SMILES string of the molecule is O=C1c2ccccc2-c2ccc(C(=O)N3CCC(CCc4ccccc4)CC3)cc21. The van der Waals surface area contributed by atoms with Crippen molar-refractivity contribution in [2.24, 2.45) is 5.92 Å². The highest BCUT2D eigenvalue weighted by Gasteiger charge is 2.29. The maximum Gasteiger partial charge on any atom is 0.253 e. The van der Waals surface area contributed by atoms with Gasteiger partial charge in [-0.2, -0.15) is 0 Å². The Kier molecular flexibility index (Phi) is 4.96. The van der Waals surface area contributed by atoms with Crippen LogP contribution in [0.15, 0.2) is 72.8 Å². The summed E-state index contributed by atoms with van der Waals surface area (Å²) in [4.78, 5) is 27.8. The highest BCUT2D eigenvalue weighted by molar-refractivity contribution is 6.22. The summed E-state index contributed by atoms with van der Waals surface area (Å²) in [5, 5.41) is 0. The average molecular weight is 396 g/mol. The molecule has 0 bridgehead atoms. The number of likely N-dealkylation sites (tertiary alicyclic amines) is 1. The first-order valence-corrected chi connectivity index (χ1v) is 10.8. The third kappa shape index (κ3) is 3.45. The fourth-order valence-corrected chi connectivity index (χ4v) is 4.78. The molecule has 1 aliphatic carbocycles. The molecule has 1 heterocycles. The number of hydrogen-bond donors (Lipinski definition) is 0. The average Bonchev–Trinajstić information content (AvgIpc) is 3.10. The van der Waals surface area contributed by atoms with Crippen LogP contribution in [0.4, 0.5) is 0 Å². The number of carbonyl (C=O) groups excluding carboxylic acids is 2. The molecular formula is C27H25NO2. The van der Waals surface area contributed by atoms with Gasteiger partial charge in [-0.3, -0.25) is 9.59 Å². The fraction of sp³-hybridized carbons (Fsp3) is 0.259. The molecule has 2 aliphatic rings. The predicted molar refractivity (Wildman–Crippen MR) is 119 cm³/mol. The molecule has 0 saturated carbocycles. The number of carbonyl (C=O) groups is 2. The number of rotatable bonds is 4. The van der Waals surface area contributed by atoms with Crippen molar-refractivity contribution in [2.45, 2.75) is 25.7 Å². The minimum atomic E-state index is 0.0230. The minimum absolute atomic E-state index is 0.0230. The van der Waals surface area contributed by atoms with Gasteiger partial charge in [0.25, 0.3) is 5.91 Å². The van der Waals surface area contributed by atoms with E-state index < -0.39 is 0 Å². The van der Waals surface area contributed by atoms with Crippen LogP contribution < -0.4 is 0 Å². The molecule has 3 aromatic rings. The summed E-state index contributed by atoms with van der Waals surface area (Å²) in [6.07, 6.45) is 4.38. The van der Waals surface area contributed by atoms with Crippen molar-refractivity contribution in [1.82, 2.24) is 4.90 Å². The molecule has 3 heteroatoms. The van der Waals surface area contributed by atoms with Crippen molar-refractivity contribution >= 4 is 11.7 Å². The van der Waals surface area contributed by atoms with Crippen molar-refractivity contribution in [3.05, 3.63) is 95.1 Å². The van der Waals surface area contributed by atoms with Gasteiger partial charge in [-0.25, -0.2) is 0 Å². The monoisotopic (exact) mass is 395 g/mol. The molecule has 0 radical (unpaired) electrons. The Hall–Kier alpha value is -3.20. The maximum absolute atomic E-state index is 13.1. The van der Waals surface area contributed by atoms with E-state index in [0.29, 0.717) is 17.0 Å². The van der Waals surface area contributed by atoms with Gasteiger partial charge in [-0.15, -0.1) is 0 Å². The van der Waals surface area contributed by atoms with Crippen molar-refractivity contribution in [3.8, 4) is 11.1 Å². The normalized spacial score (nSPS) is 15.7. The first-order chi connectivity index (χ1) is 14.7. The second kappa shape index (κ2) is 7.91. The lowest BCUT2D eigenvalue weighted by Gasteiger charge is -2.32. The van der Waals surface area contributed by atoms with Crippen molar-refractivity contribution in [2.75, 3.05) is 13.1 Å². The molecule has 0 unspecified atom stereocenters. The Morgan fingerprint density at radius 1 is 0.800 bits per heavy atom. The van der Waals surface area contributed by atoms with Gasteiger partial charge in [0.05, 0.1) is 0 Å². The van der Waals surface area contributed by atoms with Crippen LogP contribution in [-0.4, -0.2) is 29.7 Å². The van der Waals surface area contributed by atoms with Crippen LogP contribution in [0.1, 0.15) is 51.1 Å². The van der Waals surface area contributed by atoms with Gasteiger partial charge in [0.1, 0.15) is 0 Å². The molecule has 0 spiro atoms. The molecule has 150 valence electrons. The van der Waals surface area contributed by atoms with Crippen molar-refractivity contribution < 1.29 is 9.59 Å². The smallest absolute Gasteiger partial charge is 0.253 e. The largest absolute Gasteiger partial charge is 0.339 e. The van der Waals surface area contributed by atoms with E-state index in [1.165, 1.54) is 12.0 Å². The number of hydrogen-bond acceptors (Lipinski definition) is 2. The number of benzene rings is 3. The Morgan fingerprint density at radius 3 is 2.23 bits per heavy atom. The molecule has 0 aromatic heterocycles. The summed E-state index contributed by atoms with van der Waals surface area (Å²) >= 11 is 0. The number of aryl methyl sites for hydroxylation is 1. The summed E-state index contributed by atoms with van der Waals surface area (Å²) in [7, 11) is 0. The van der Waals surface area contributed by atoms with E-state index in [1.54, 1.807) is 6.07 Å². The Morgan fingerprint density at radius 2 is 1.47 bits per heavy atom. The van der Waals surface area contributed by atoms with E-state index in [9.17, 15) is 9.59 Å². The molecule has 1 aliphatic heterocycles. The Labute approximate surface area is 177 Å². The highest BCUT2D eigenvalue weighted by atomic mass is 16.2. The van der Waals surface area contributed by atoms with Gasteiger partial charge in [-0.05, 0) is 60.4 Å². The summed E-state index contributed by atoms with van der Waals surface area (Å²) < 4.78 is 0. The molecule has 0 N–H and O–H groups in total. The molecule has 30 heavy (non-hydrogen) atoms. The topological polar surface area (TPSA) is 37.4 Å². The molecule has 1 fully saturated rings. The van der Waals surface area contributed by atoms with Crippen LogP contribution in [0.2, 0.25) is 0 Å². The van der Waals surface area contributed by atoms with Gasteiger partial charge < -0.3 is 4.90 Å². The predicted octanol–water partition coefficient (Wildman–Crippen LogP) is 5.38. The molecule has 3 aromatic carbocycles. The molecular weight excluding hydrogens is 370 g/mol. The Bertz CT molecular complexity index is 1090. The molecule has 1 amide bonds. The third-order valence-corrected chi connectivity index (χ3v) is 6.56. The number of amides is 1. The number of fused-ring (bicyclic) bond motifs is 3. The summed E-state index contributed by atoms with van der Waals surface area (Å²) in [6, 6.07) is 23.9. The summed E-state index contributed by atoms with van der Waals surface area (Å²) in [6.45, 7) is 1.59. The van der Waals surface area contributed by atoms with Gasteiger partial charge in [-0.1, -0.05) is 60.7 Å². The lowest BCUT2D eigenvalue weighted by Crippen LogP contribution is -2.38. The lowest BCUT2D eigenvalue weighted by molar-refractivity contribution is 0.0687. The molecule has 5 rings (SSSR count). The zero-order chi connectivity index (χ0) is 20.5. The van der Waals surface area contributed by atoms with E-state index in [0.717, 1.165) is 49.0 Å². The van der Waals surface area contributed by atoms with Crippen LogP contribution in [0.3, 0.4) is 0 Å². The Balaban J connectivity index is 1.23. The molecule has 0 atom stereocenters. The first kappa shape index (κ1) is 18.8. The van der Waals surface area contributed by atoms with Gasteiger partial charge >= 0.3 is 0 Å². The zero-order valence-corrected chi connectivity index (χ0v) is 17.0. The second-order valence-corrected chi connectivity index (χ2v) is 8.39. The number of ketones is 1. The standard InChI is InChI=1S/C27H25NO2/c29-26-24-9-5-4-8-22(24)23-13-12-21(18-25(23)26)27(30)28-16-14-20(15-17-28)11-10-19-6-2-1-3-7-19/h1-9,12-13,18,20H,10-11,14-17H2. The highest BCUT2D eigenvalue weighted by Crippen LogP contribution is 2.37. The van der Waals surface area contributed by atoms with Gasteiger partial charge in [0, 0.05) is 29.8 Å². The zero-order valence-electron chi connectivity index (χ0n) is 17.0. The van der Waals surface area contributed by atoms with Crippen LogP contribution in [-0.2, 0) is 6.42 Å². The second-order valence-electron chi connectivity index (χ2n) is 8.39. The van der Waals surface area contributed by atoms with Crippen LogP contribution in [0.5, 0.6) is 0 Å².